The van der Waals surface area contributed by atoms with Gasteiger partial charge < -0.3 is 10.4 Å². The first-order chi connectivity index (χ1) is 15.8. The average molecular weight is 514 g/mol. The topological polar surface area (TPSA) is 82.8 Å². The van der Waals surface area contributed by atoms with E-state index in [1.807, 2.05) is 0 Å². The highest BCUT2D eigenvalue weighted by atomic mass is 35.5. The standard InChI is InChI=1S/C19H15ClF7N5O2/c20-9-3-1-8(2-4-9)10-5-13(19(25,26)27)31-14(28-10)6-11(29-31)16(33)32-18(34,17(23)24)7-12(30-32)15(21)22/h1-4,6,10,13,15,17,28,34H,5,7H2/t10-,13-,18+/m0/s1. The van der Waals surface area contributed by atoms with E-state index in [-0.39, 0.29) is 10.8 Å². The second kappa shape index (κ2) is 8.41. The molecule has 0 saturated carbocycles. The number of nitrogens with one attached hydrogen (secondary N) is 1. The van der Waals surface area contributed by atoms with Crippen LogP contribution in [0.5, 0.6) is 0 Å². The number of hydrogen-bond donors (Lipinski definition) is 2. The van der Waals surface area contributed by atoms with E-state index in [4.69, 9.17) is 11.6 Å². The van der Waals surface area contributed by atoms with Crippen LogP contribution in [0, 0.1) is 0 Å². The van der Waals surface area contributed by atoms with Crippen molar-refractivity contribution in [1.29, 1.82) is 0 Å². The van der Waals surface area contributed by atoms with Crippen molar-refractivity contribution in [3.8, 4) is 0 Å². The van der Waals surface area contributed by atoms with Gasteiger partial charge in [0.15, 0.2) is 11.7 Å². The average Bonchev–Trinajstić information content (AvgIpc) is 3.34. The maximum atomic E-state index is 13.8. The summed E-state index contributed by atoms with van der Waals surface area (Å²) in [6.45, 7) is 0. The molecule has 34 heavy (non-hydrogen) atoms. The Morgan fingerprint density at radius 3 is 2.41 bits per heavy atom. The van der Waals surface area contributed by atoms with Crippen molar-refractivity contribution in [2.75, 3.05) is 5.32 Å². The Hall–Kier alpha value is -2.87. The number of carbonyl (C=O) groups excluding carboxylic acids is 1. The third-order valence-corrected chi connectivity index (χ3v) is 5.76. The molecule has 0 bridgehead atoms. The van der Waals surface area contributed by atoms with E-state index in [0.717, 1.165) is 6.07 Å². The molecule has 2 aliphatic heterocycles. The third kappa shape index (κ3) is 4.19. The fourth-order valence-electron chi connectivity index (χ4n) is 3.80. The number of aliphatic hydroxyl groups is 1. The molecule has 1 amide bonds. The summed E-state index contributed by atoms with van der Waals surface area (Å²) in [5, 5.41) is 19.7. The highest BCUT2D eigenvalue weighted by molar-refractivity contribution is 6.30. The van der Waals surface area contributed by atoms with Crippen molar-refractivity contribution in [2.24, 2.45) is 5.10 Å². The van der Waals surface area contributed by atoms with Gasteiger partial charge in [0, 0.05) is 23.9 Å². The number of rotatable bonds is 4. The molecule has 0 fully saturated rings. The number of hydrazone groups is 1. The lowest BCUT2D eigenvalue weighted by Gasteiger charge is -2.33. The first-order valence-corrected chi connectivity index (χ1v) is 10.1. The zero-order valence-electron chi connectivity index (χ0n) is 16.8. The molecular weight excluding hydrogens is 499 g/mol. The summed E-state index contributed by atoms with van der Waals surface area (Å²) >= 11 is 5.82. The fourth-order valence-corrected chi connectivity index (χ4v) is 3.93. The van der Waals surface area contributed by atoms with Crippen LogP contribution in [-0.2, 0) is 0 Å². The van der Waals surface area contributed by atoms with Gasteiger partial charge in [-0.15, -0.1) is 0 Å². The fraction of sp³-hybridized carbons (Fsp3) is 0.421. The van der Waals surface area contributed by atoms with Crippen LogP contribution in [-0.4, -0.2) is 56.3 Å². The largest absolute Gasteiger partial charge is 0.410 e. The van der Waals surface area contributed by atoms with E-state index >= 15 is 0 Å². The molecule has 0 spiro atoms. The number of carbonyl (C=O) groups is 1. The van der Waals surface area contributed by atoms with Gasteiger partial charge in [0.2, 0.25) is 5.72 Å². The van der Waals surface area contributed by atoms with Gasteiger partial charge in [-0.05, 0) is 17.7 Å². The number of aromatic nitrogens is 2. The number of amides is 1. The molecule has 2 N–H and O–H groups in total. The normalized spacial score (nSPS) is 24.9. The quantitative estimate of drug-likeness (QED) is 0.585. The minimum atomic E-state index is -4.80. The summed E-state index contributed by atoms with van der Waals surface area (Å²) in [4.78, 5) is 12.8. The molecule has 3 heterocycles. The zero-order chi connectivity index (χ0) is 25.0. The van der Waals surface area contributed by atoms with Crippen molar-refractivity contribution >= 4 is 29.0 Å². The van der Waals surface area contributed by atoms with Gasteiger partial charge in [0.25, 0.3) is 18.8 Å². The van der Waals surface area contributed by atoms with E-state index in [9.17, 15) is 40.6 Å². The summed E-state index contributed by atoms with van der Waals surface area (Å²) < 4.78 is 94.8. The molecule has 15 heteroatoms. The second-order valence-electron chi connectivity index (χ2n) is 7.77. The van der Waals surface area contributed by atoms with E-state index in [1.165, 1.54) is 24.3 Å². The van der Waals surface area contributed by atoms with Crippen LogP contribution in [0.15, 0.2) is 35.4 Å². The van der Waals surface area contributed by atoms with Crippen LogP contribution in [0.25, 0.3) is 0 Å². The van der Waals surface area contributed by atoms with Gasteiger partial charge in [-0.25, -0.2) is 22.2 Å². The monoisotopic (exact) mass is 513 g/mol. The maximum absolute atomic E-state index is 13.8. The highest BCUT2D eigenvalue weighted by Gasteiger charge is 2.54. The Labute approximate surface area is 191 Å². The lowest BCUT2D eigenvalue weighted by Crippen LogP contribution is -2.51. The zero-order valence-corrected chi connectivity index (χ0v) is 17.5. The van der Waals surface area contributed by atoms with Crippen LogP contribution in [0.2, 0.25) is 5.02 Å². The van der Waals surface area contributed by atoms with Gasteiger partial charge >= 0.3 is 6.18 Å². The minimum absolute atomic E-state index is 0.257. The van der Waals surface area contributed by atoms with Gasteiger partial charge in [-0.1, -0.05) is 23.7 Å². The Kier molecular flexibility index (Phi) is 6.00. The van der Waals surface area contributed by atoms with Crippen LogP contribution in [0.4, 0.5) is 36.6 Å². The number of fused-ring (bicyclic) bond motifs is 1. The second-order valence-corrected chi connectivity index (χ2v) is 8.20. The number of alkyl halides is 7. The highest BCUT2D eigenvalue weighted by Crippen LogP contribution is 2.44. The van der Waals surface area contributed by atoms with Crippen molar-refractivity contribution in [1.82, 2.24) is 14.8 Å². The van der Waals surface area contributed by atoms with Crippen molar-refractivity contribution in [2.45, 2.75) is 49.7 Å². The molecule has 3 atom stereocenters. The summed E-state index contributed by atoms with van der Waals surface area (Å²) in [5.74, 6) is -1.83. The summed E-state index contributed by atoms with van der Waals surface area (Å²) in [6, 6.07) is 3.78. The molecule has 0 unspecified atom stereocenters. The molecule has 2 aliphatic rings. The van der Waals surface area contributed by atoms with Crippen LogP contribution < -0.4 is 5.32 Å². The predicted molar refractivity (Wildman–Crippen MR) is 105 cm³/mol. The molecule has 184 valence electrons. The molecular formula is C19H15ClF7N5O2. The number of anilines is 1. The van der Waals surface area contributed by atoms with E-state index < -0.39 is 67.0 Å². The minimum Gasteiger partial charge on any atom is -0.364 e. The van der Waals surface area contributed by atoms with Crippen molar-refractivity contribution in [3.63, 3.8) is 0 Å². The Morgan fingerprint density at radius 2 is 1.85 bits per heavy atom. The Bertz CT molecular complexity index is 1120. The summed E-state index contributed by atoms with van der Waals surface area (Å²) in [5.41, 5.74) is -4.91. The van der Waals surface area contributed by atoms with E-state index in [2.05, 4.69) is 15.5 Å². The summed E-state index contributed by atoms with van der Waals surface area (Å²) in [6.07, 6.45) is -13.7. The van der Waals surface area contributed by atoms with Crippen molar-refractivity contribution in [3.05, 3.63) is 46.6 Å². The number of nitrogens with zero attached hydrogens (tertiary/aromatic N) is 4. The van der Waals surface area contributed by atoms with Gasteiger partial charge in [-0.3, -0.25) is 4.79 Å². The van der Waals surface area contributed by atoms with Gasteiger partial charge in [0.05, 0.1) is 6.04 Å². The van der Waals surface area contributed by atoms with Crippen LogP contribution >= 0.6 is 11.6 Å². The summed E-state index contributed by atoms with van der Waals surface area (Å²) in [7, 11) is 0. The van der Waals surface area contributed by atoms with Crippen LogP contribution in [0.1, 0.15) is 41.0 Å². The molecule has 1 aromatic carbocycles. The lowest BCUT2D eigenvalue weighted by molar-refractivity contribution is -0.174. The third-order valence-electron chi connectivity index (χ3n) is 5.51. The van der Waals surface area contributed by atoms with Crippen LogP contribution in [0.3, 0.4) is 0 Å². The van der Waals surface area contributed by atoms with Gasteiger partial charge in [-0.2, -0.15) is 28.4 Å². The number of benzene rings is 1. The molecule has 0 aliphatic carbocycles. The Morgan fingerprint density at radius 1 is 1.21 bits per heavy atom. The van der Waals surface area contributed by atoms with E-state index in [1.54, 1.807) is 0 Å². The molecule has 1 aromatic heterocycles. The number of hydrogen-bond acceptors (Lipinski definition) is 5. The molecule has 0 radical (unpaired) electrons. The maximum Gasteiger partial charge on any atom is 0.410 e. The first-order valence-electron chi connectivity index (χ1n) is 9.70. The predicted octanol–water partition coefficient (Wildman–Crippen LogP) is 4.62. The van der Waals surface area contributed by atoms with E-state index in [0.29, 0.717) is 15.3 Å². The molecule has 0 saturated heterocycles. The van der Waals surface area contributed by atoms with Gasteiger partial charge in [0.1, 0.15) is 11.5 Å². The van der Waals surface area contributed by atoms with Crippen molar-refractivity contribution < 1.29 is 40.6 Å². The lowest BCUT2D eigenvalue weighted by atomic mass is 9.97. The molecule has 4 rings (SSSR count). The SMILES string of the molecule is O=C(c1cc2n(n1)[C@H](C(F)(F)F)C[C@@H](c1ccc(Cl)cc1)N2)N1N=C(C(F)F)C[C@@]1(O)C(F)F. The molecule has 2 aromatic rings. The smallest absolute Gasteiger partial charge is 0.364 e. The number of halogens is 8. The first kappa shape index (κ1) is 24.3. The molecule has 7 nitrogen and oxygen atoms in total. The Balaban J connectivity index is 1.71.